The molecular formula is C18H13ClF3NO2. The average Bonchev–Trinajstić information content (AvgIpc) is 2.58. The number of para-hydroxylation sites is 1. The summed E-state index contributed by atoms with van der Waals surface area (Å²) in [6, 6.07) is 11.4. The third-order valence-electron chi connectivity index (χ3n) is 3.08. The molecule has 0 unspecified atom stereocenters. The van der Waals surface area contributed by atoms with Gasteiger partial charge in [0.1, 0.15) is 12.4 Å². The summed E-state index contributed by atoms with van der Waals surface area (Å²) in [5.74, 6) is 4.88. The number of ether oxygens (including phenoxy) is 1. The van der Waals surface area contributed by atoms with Crippen LogP contribution in [0.15, 0.2) is 48.5 Å². The molecule has 0 spiro atoms. The molecule has 1 amide bonds. The van der Waals surface area contributed by atoms with Gasteiger partial charge < -0.3 is 10.1 Å². The molecule has 0 radical (unpaired) electrons. The molecule has 1 N–H and O–H groups in total. The normalized spacial score (nSPS) is 10.6. The second kappa shape index (κ2) is 8.45. The third-order valence-corrected chi connectivity index (χ3v) is 3.39. The topological polar surface area (TPSA) is 38.3 Å². The molecule has 0 aromatic heterocycles. The lowest BCUT2D eigenvalue weighted by Crippen LogP contribution is -2.26. The van der Waals surface area contributed by atoms with Crippen molar-refractivity contribution in [3.8, 4) is 17.6 Å². The summed E-state index contributed by atoms with van der Waals surface area (Å²) in [7, 11) is 0. The van der Waals surface area contributed by atoms with E-state index in [2.05, 4.69) is 17.2 Å². The van der Waals surface area contributed by atoms with E-state index < -0.39 is 23.2 Å². The van der Waals surface area contributed by atoms with Crippen molar-refractivity contribution in [2.24, 2.45) is 0 Å². The summed E-state index contributed by atoms with van der Waals surface area (Å²) >= 11 is 5.90. The molecule has 2 rings (SSSR count). The van der Waals surface area contributed by atoms with E-state index in [0.717, 1.165) is 12.1 Å². The number of hydrogen-bond acceptors (Lipinski definition) is 2. The fourth-order valence-corrected chi connectivity index (χ4v) is 2.13. The van der Waals surface area contributed by atoms with Crippen LogP contribution in [0.2, 0.25) is 5.02 Å². The second-order valence-corrected chi connectivity index (χ2v) is 5.21. The van der Waals surface area contributed by atoms with Crippen LogP contribution in [0.5, 0.6) is 5.75 Å². The van der Waals surface area contributed by atoms with Gasteiger partial charge in [-0.3, -0.25) is 4.79 Å². The number of rotatable bonds is 4. The molecule has 2 aromatic carbocycles. The first kappa shape index (κ1) is 18.7. The van der Waals surface area contributed by atoms with Crippen LogP contribution in [-0.2, 0) is 6.18 Å². The van der Waals surface area contributed by atoms with Gasteiger partial charge in [0.05, 0.1) is 22.7 Å². The van der Waals surface area contributed by atoms with E-state index in [0.29, 0.717) is 10.8 Å². The Hall–Kier alpha value is -2.65. The van der Waals surface area contributed by atoms with Crippen molar-refractivity contribution in [3.05, 3.63) is 64.7 Å². The lowest BCUT2D eigenvalue weighted by Gasteiger charge is -2.11. The molecule has 0 fully saturated rings. The van der Waals surface area contributed by atoms with E-state index in [-0.39, 0.29) is 13.2 Å². The Balaban J connectivity index is 1.87. The molecule has 0 saturated heterocycles. The van der Waals surface area contributed by atoms with Crippen LogP contribution in [-0.4, -0.2) is 19.1 Å². The van der Waals surface area contributed by atoms with Gasteiger partial charge in [0.15, 0.2) is 0 Å². The van der Waals surface area contributed by atoms with Crippen LogP contribution in [0.4, 0.5) is 13.2 Å². The Labute approximate surface area is 147 Å². The van der Waals surface area contributed by atoms with Crippen LogP contribution in [0.1, 0.15) is 15.9 Å². The van der Waals surface area contributed by atoms with E-state index in [1.165, 1.54) is 12.1 Å². The van der Waals surface area contributed by atoms with Gasteiger partial charge >= 0.3 is 6.18 Å². The number of alkyl halides is 3. The summed E-state index contributed by atoms with van der Waals surface area (Å²) in [5, 5.41) is 2.77. The number of amides is 1. The summed E-state index contributed by atoms with van der Waals surface area (Å²) in [6.45, 7) is -0.0599. The molecule has 0 heterocycles. The van der Waals surface area contributed by atoms with Crippen LogP contribution in [0.25, 0.3) is 0 Å². The minimum absolute atomic E-state index is 0.0404. The summed E-state index contributed by atoms with van der Waals surface area (Å²) in [6.07, 6.45) is -4.59. The molecule has 0 aliphatic carbocycles. The van der Waals surface area contributed by atoms with Gasteiger partial charge in [-0.15, -0.1) is 0 Å². The van der Waals surface area contributed by atoms with Gasteiger partial charge in [-0.05, 0) is 24.3 Å². The minimum Gasteiger partial charge on any atom is -0.479 e. The summed E-state index contributed by atoms with van der Waals surface area (Å²) < 4.78 is 43.9. The number of carbonyl (C=O) groups is 1. The Kier molecular flexibility index (Phi) is 6.31. The average molecular weight is 368 g/mol. The van der Waals surface area contributed by atoms with Gasteiger partial charge in [0.2, 0.25) is 0 Å². The van der Waals surface area contributed by atoms with Crippen molar-refractivity contribution in [2.45, 2.75) is 6.18 Å². The monoisotopic (exact) mass is 367 g/mol. The number of hydrogen-bond donors (Lipinski definition) is 1. The van der Waals surface area contributed by atoms with Crippen molar-refractivity contribution in [3.63, 3.8) is 0 Å². The first-order valence-electron chi connectivity index (χ1n) is 7.17. The molecule has 0 aliphatic rings. The highest BCUT2D eigenvalue weighted by Crippen LogP contribution is 2.31. The third kappa shape index (κ3) is 5.44. The zero-order chi connectivity index (χ0) is 18.3. The van der Waals surface area contributed by atoms with Crippen molar-refractivity contribution in [2.75, 3.05) is 13.2 Å². The maximum absolute atomic E-state index is 12.9. The molecule has 0 saturated carbocycles. The largest absolute Gasteiger partial charge is 0.479 e. The maximum Gasteiger partial charge on any atom is 0.417 e. The zero-order valence-corrected chi connectivity index (χ0v) is 13.6. The van der Waals surface area contributed by atoms with E-state index in [9.17, 15) is 18.0 Å². The first-order chi connectivity index (χ1) is 11.9. The quantitative estimate of drug-likeness (QED) is 0.824. The van der Waals surface area contributed by atoms with Gasteiger partial charge in [0.25, 0.3) is 5.91 Å². The zero-order valence-electron chi connectivity index (χ0n) is 12.9. The highest BCUT2D eigenvalue weighted by atomic mass is 35.5. The Bertz CT molecular complexity index is 810. The smallest absolute Gasteiger partial charge is 0.417 e. The van der Waals surface area contributed by atoms with E-state index in [1.54, 1.807) is 24.3 Å². The molecular weight excluding hydrogens is 355 g/mol. The van der Waals surface area contributed by atoms with Crippen molar-refractivity contribution >= 4 is 17.5 Å². The predicted molar refractivity (Wildman–Crippen MR) is 88.5 cm³/mol. The molecule has 0 atom stereocenters. The fourth-order valence-electron chi connectivity index (χ4n) is 1.94. The summed E-state index contributed by atoms with van der Waals surface area (Å²) in [5.41, 5.74) is -1.42. The number of nitrogens with one attached hydrogen (secondary N) is 1. The Morgan fingerprint density at radius 1 is 1.08 bits per heavy atom. The van der Waals surface area contributed by atoms with Gasteiger partial charge in [0, 0.05) is 0 Å². The molecule has 7 heteroatoms. The van der Waals surface area contributed by atoms with Crippen molar-refractivity contribution in [1.29, 1.82) is 0 Å². The van der Waals surface area contributed by atoms with Crippen molar-refractivity contribution < 1.29 is 22.7 Å². The highest BCUT2D eigenvalue weighted by molar-refractivity contribution is 6.32. The standard InChI is InChI=1S/C18H13ClF3NO2/c19-15-9-3-4-10-16(15)25-12-6-5-11-23-17(24)13-7-1-2-8-14(13)18(20,21)22/h1-4,7-10H,11-12H2,(H,23,24). The minimum atomic E-state index is -4.59. The first-order valence-corrected chi connectivity index (χ1v) is 7.55. The number of carbonyl (C=O) groups excluding carboxylic acids is 1. The van der Waals surface area contributed by atoms with Gasteiger partial charge in [-0.25, -0.2) is 0 Å². The summed E-state index contributed by atoms with van der Waals surface area (Å²) in [4.78, 5) is 11.9. The lowest BCUT2D eigenvalue weighted by atomic mass is 10.1. The Morgan fingerprint density at radius 2 is 1.76 bits per heavy atom. The molecule has 0 bridgehead atoms. The van der Waals surface area contributed by atoms with Crippen LogP contribution in [0, 0.1) is 11.8 Å². The SMILES string of the molecule is O=C(NCC#CCOc1ccccc1Cl)c1ccccc1C(F)(F)F. The van der Waals surface area contributed by atoms with E-state index in [4.69, 9.17) is 16.3 Å². The van der Waals surface area contributed by atoms with Crippen LogP contribution < -0.4 is 10.1 Å². The molecule has 3 nitrogen and oxygen atoms in total. The number of halogens is 4. The van der Waals surface area contributed by atoms with Gasteiger partial charge in [-0.2, -0.15) is 13.2 Å². The lowest BCUT2D eigenvalue weighted by molar-refractivity contribution is -0.137. The van der Waals surface area contributed by atoms with Crippen molar-refractivity contribution in [1.82, 2.24) is 5.32 Å². The van der Waals surface area contributed by atoms with E-state index >= 15 is 0 Å². The number of benzene rings is 2. The fraction of sp³-hybridized carbons (Fsp3) is 0.167. The predicted octanol–water partition coefficient (Wildman–Crippen LogP) is 4.17. The highest BCUT2D eigenvalue weighted by Gasteiger charge is 2.34. The molecule has 0 aliphatic heterocycles. The van der Waals surface area contributed by atoms with Crippen LogP contribution in [0.3, 0.4) is 0 Å². The maximum atomic E-state index is 12.9. The van der Waals surface area contributed by atoms with E-state index in [1.807, 2.05) is 0 Å². The second-order valence-electron chi connectivity index (χ2n) is 4.80. The van der Waals surface area contributed by atoms with Gasteiger partial charge in [-0.1, -0.05) is 47.7 Å². The molecule has 2 aromatic rings. The molecule has 130 valence electrons. The molecule has 25 heavy (non-hydrogen) atoms. The van der Waals surface area contributed by atoms with Crippen LogP contribution >= 0.6 is 11.6 Å². The Morgan fingerprint density at radius 3 is 2.48 bits per heavy atom.